The van der Waals surface area contributed by atoms with Crippen molar-refractivity contribution in [2.45, 2.75) is 24.6 Å². The predicted molar refractivity (Wildman–Crippen MR) is 44.5 cm³/mol. The van der Waals surface area contributed by atoms with Crippen LogP contribution in [0, 0.1) is 0 Å². The summed E-state index contributed by atoms with van der Waals surface area (Å²) >= 11 is 0. The lowest BCUT2D eigenvalue weighted by Gasteiger charge is -2.37. The van der Waals surface area contributed by atoms with Gasteiger partial charge in [-0.15, -0.1) is 0 Å². The fourth-order valence-corrected chi connectivity index (χ4v) is 1.44. The van der Waals surface area contributed by atoms with Gasteiger partial charge in [-0.05, 0) is 12.8 Å². The lowest BCUT2D eigenvalue weighted by molar-refractivity contribution is -0.192. The first kappa shape index (κ1) is 12.3. The Kier molecular flexibility index (Phi) is 3.56. The minimum absolute atomic E-state index is 0.306. The molecule has 2 saturated heterocycles. The molecule has 2 aliphatic rings. The molecule has 7 heteroatoms. The largest absolute Gasteiger partial charge is 0.490 e. The van der Waals surface area contributed by atoms with Crippen molar-refractivity contribution in [3.63, 3.8) is 0 Å². The van der Waals surface area contributed by atoms with Crippen molar-refractivity contribution < 1.29 is 27.8 Å². The van der Waals surface area contributed by atoms with E-state index in [1.807, 2.05) is 0 Å². The lowest BCUT2D eigenvalue weighted by Crippen LogP contribution is -2.58. The average molecular weight is 227 g/mol. The molecular weight excluding hydrogens is 215 g/mol. The van der Waals surface area contributed by atoms with Crippen molar-refractivity contribution in [2.24, 2.45) is 0 Å². The molecule has 0 saturated carbocycles. The van der Waals surface area contributed by atoms with Gasteiger partial charge in [-0.25, -0.2) is 4.79 Å². The zero-order chi connectivity index (χ0) is 11.5. The van der Waals surface area contributed by atoms with E-state index in [2.05, 4.69) is 5.32 Å². The van der Waals surface area contributed by atoms with Crippen molar-refractivity contribution in [1.29, 1.82) is 0 Å². The van der Waals surface area contributed by atoms with Crippen LogP contribution in [0.3, 0.4) is 0 Å². The van der Waals surface area contributed by atoms with Gasteiger partial charge in [0.1, 0.15) is 0 Å². The van der Waals surface area contributed by atoms with E-state index >= 15 is 0 Å². The topological polar surface area (TPSA) is 58.6 Å². The predicted octanol–water partition coefficient (Wildman–Crippen LogP) is 0.772. The molecule has 0 aliphatic carbocycles. The molecule has 2 aliphatic heterocycles. The summed E-state index contributed by atoms with van der Waals surface area (Å²) in [6.07, 6.45) is -2.54. The minimum atomic E-state index is -5.08. The average Bonchev–Trinajstić information content (AvgIpc) is 2.49. The van der Waals surface area contributed by atoms with Gasteiger partial charge in [-0.1, -0.05) is 0 Å². The molecule has 2 rings (SSSR count). The molecule has 1 spiro atoms. The van der Waals surface area contributed by atoms with E-state index in [9.17, 15) is 13.2 Å². The van der Waals surface area contributed by atoms with Crippen LogP contribution >= 0.6 is 0 Å². The number of aliphatic carboxylic acids is 1. The Morgan fingerprint density at radius 2 is 1.93 bits per heavy atom. The number of carbonyl (C=O) groups is 1. The molecule has 0 amide bonds. The summed E-state index contributed by atoms with van der Waals surface area (Å²) in [5, 5.41) is 10.3. The van der Waals surface area contributed by atoms with Crippen molar-refractivity contribution in [3.05, 3.63) is 0 Å². The fraction of sp³-hybridized carbons (Fsp3) is 0.875. The van der Waals surface area contributed by atoms with Gasteiger partial charge in [-0.3, -0.25) is 0 Å². The number of ether oxygens (including phenoxy) is 1. The van der Waals surface area contributed by atoms with E-state index in [0.29, 0.717) is 5.60 Å². The number of rotatable bonds is 0. The van der Waals surface area contributed by atoms with Crippen LogP contribution in [0.1, 0.15) is 12.8 Å². The smallest absolute Gasteiger partial charge is 0.475 e. The number of alkyl halides is 3. The van der Waals surface area contributed by atoms with Crippen molar-refractivity contribution in [1.82, 2.24) is 5.32 Å². The first-order chi connectivity index (χ1) is 6.86. The van der Waals surface area contributed by atoms with E-state index in [1.165, 1.54) is 12.8 Å². The zero-order valence-electron chi connectivity index (χ0n) is 7.93. The molecule has 0 aromatic heterocycles. The number of carboxylic acid groups (broad SMARTS) is 1. The van der Waals surface area contributed by atoms with Crippen LogP contribution in [0.4, 0.5) is 13.2 Å². The molecule has 4 nitrogen and oxygen atoms in total. The van der Waals surface area contributed by atoms with E-state index < -0.39 is 12.1 Å². The molecule has 2 N–H and O–H groups in total. The monoisotopic (exact) mass is 227 g/mol. The SMILES string of the molecule is C1COC2(C1)CNC2.O=C(O)C(F)(F)F. The first-order valence-electron chi connectivity index (χ1n) is 4.51. The Morgan fingerprint density at radius 1 is 1.40 bits per heavy atom. The van der Waals surface area contributed by atoms with Gasteiger partial charge in [0.25, 0.3) is 0 Å². The van der Waals surface area contributed by atoms with E-state index in [4.69, 9.17) is 14.6 Å². The van der Waals surface area contributed by atoms with Crippen molar-refractivity contribution in [2.75, 3.05) is 19.7 Å². The molecule has 2 heterocycles. The molecule has 0 radical (unpaired) electrons. The molecule has 15 heavy (non-hydrogen) atoms. The highest BCUT2D eigenvalue weighted by Gasteiger charge is 2.40. The number of hydrogen-bond donors (Lipinski definition) is 2. The Morgan fingerprint density at radius 3 is 2.07 bits per heavy atom. The van der Waals surface area contributed by atoms with Crippen LogP contribution in [0.25, 0.3) is 0 Å². The molecule has 0 unspecified atom stereocenters. The van der Waals surface area contributed by atoms with Crippen LogP contribution < -0.4 is 5.32 Å². The Balaban J connectivity index is 0.000000153. The third-order valence-corrected chi connectivity index (χ3v) is 2.32. The Bertz CT molecular complexity index is 230. The maximum absolute atomic E-state index is 10.6. The molecular formula is C8H12F3NO3. The molecule has 0 aromatic carbocycles. The summed E-state index contributed by atoms with van der Waals surface area (Å²) in [5.41, 5.74) is 0.306. The normalized spacial score (nSPS) is 22.9. The standard InChI is InChI=1S/C6H11NO.C2HF3O2/c1-2-6(8-3-1)4-7-5-6;3-2(4,5)1(6)7/h7H,1-5H2;(H,6,7). The highest BCUT2D eigenvalue weighted by Crippen LogP contribution is 2.28. The second kappa shape index (κ2) is 4.36. The van der Waals surface area contributed by atoms with Gasteiger partial charge in [0.2, 0.25) is 0 Å². The van der Waals surface area contributed by atoms with E-state index in [0.717, 1.165) is 19.7 Å². The first-order valence-corrected chi connectivity index (χ1v) is 4.51. The maximum atomic E-state index is 10.6. The summed E-state index contributed by atoms with van der Waals surface area (Å²) in [5.74, 6) is -2.76. The second-order valence-electron chi connectivity index (χ2n) is 3.54. The third-order valence-electron chi connectivity index (χ3n) is 2.32. The van der Waals surface area contributed by atoms with E-state index in [-0.39, 0.29) is 0 Å². The molecule has 2 fully saturated rings. The van der Waals surface area contributed by atoms with Crippen molar-refractivity contribution in [3.8, 4) is 0 Å². The quantitative estimate of drug-likeness (QED) is 0.641. The van der Waals surface area contributed by atoms with Gasteiger partial charge in [0.05, 0.1) is 5.60 Å². The van der Waals surface area contributed by atoms with E-state index in [1.54, 1.807) is 0 Å². The second-order valence-corrected chi connectivity index (χ2v) is 3.54. The van der Waals surface area contributed by atoms with Gasteiger partial charge in [0, 0.05) is 19.7 Å². The molecule has 0 aromatic rings. The highest BCUT2D eigenvalue weighted by molar-refractivity contribution is 5.73. The Hall–Kier alpha value is -0.820. The zero-order valence-corrected chi connectivity index (χ0v) is 7.93. The number of halogens is 3. The van der Waals surface area contributed by atoms with Gasteiger partial charge in [0.15, 0.2) is 0 Å². The summed E-state index contributed by atoms with van der Waals surface area (Å²) < 4.78 is 37.2. The summed E-state index contributed by atoms with van der Waals surface area (Å²) in [6, 6.07) is 0. The summed E-state index contributed by atoms with van der Waals surface area (Å²) in [7, 11) is 0. The molecule has 0 bridgehead atoms. The van der Waals surface area contributed by atoms with Crippen LogP contribution in [-0.4, -0.2) is 42.5 Å². The van der Waals surface area contributed by atoms with Gasteiger partial charge >= 0.3 is 12.1 Å². The van der Waals surface area contributed by atoms with Gasteiger partial charge < -0.3 is 15.2 Å². The van der Waals surface area contributed by atoms with Crippen LogP contribution in [0.15, 0.2) is 0 Å². The van der Waals surface area contributed by atoms with Crippen LogP contribution in [0.2, 0.25) is 0 Å². The van der Waals surface area contributed by atoms with Gasteiger partial charge in [-0.2, -0.15) is 13.2 Å². The molecule has 0 atom stereocenters. The molecule has 88 valence electrons. The maximum Gasteiger partial charge on any atom is 0.490 e. The third kappa shape index (κ3) is 3.35. The van der Waals surface area contributed by atoms with Crippen molar-refractivity contribution >= 4 is 5.97 Å². The minimum Gasteiger partial charge on any atom is -0.475 e. The number of carboxylic acids is 1. The lowest BCUT2D eigenvalue weighted by atomic mass is 9.94. The Labute approximate surface area is 84.4 Å². The van der Waals surface area contributed by atoms with Crippen LogP contribution in [0.5, 0.6) is 0 Å². The summed E-state index contributed by atoms with van der Waals surface area (Å²) in [6.45, 7) is 3.17. The highest BCUT2D eigenvalue weighted by atomic mass is 19.4. The summed E-state index contributed by atoms with van der Waals surface area (Å²) in [4.78, 5) is 8.90. The number of hydrogen-bond acceptors (Lipinski definition) is 3. The van der Waals surface area contributed by atoms with Crippen LogP contribution in [-0.2, 0) is 9.53 Å². The fourth-order valence-electron chi connectivity index (χ4n) is 1.44. The number of nitrogens with one attached hydrogen (secondary N) is 1.